The van der Waals surface area contributed by atoms with E-state index in [-0.39, 0.29) is 11.5 Å². The van der Waals surface area contributed by atoms with Crippen LogP contribution in [-0.4, -0.2) is 26.8 Å². The van der Waals surface area contributed by atoms with Crippen molar-refractivity contribution < 1.29 is 8.42 Å². The Balaban J connectivity index is 2.41. The van der Waals surface area contributed by atoms with Gasteiger partial charge in [0, 0.05) is 11.1 Å². The lowest BCUT2D eigenvalue weighted by Crippen LogP contribution is -2.27. The quantitative estimate of drug-likeness (QED) is 0.759. The normalized spacial score (nSPS) is 13.3. The molecular formula is C15H24ClNO2S. The zero-order valence-corrected chi connectivity index (χ0v) is 13.8. The van der Waals surface area contributed by atoms with Crippen molar-refractivity contribution in [2.45, 2.75) is 44.9 Å². The van der Waals surface area contributed by atoms with E-state index in [1.54, 1.807) is 18.2 Å². The molecule has 1 N–H and O–H groups in total. The predicted molar refractivity (Wildman–Crippen MR) is 85.9 cm³/mol. The molecular weight excluding hydrogens is 294 g/mol. The van der Waals surface area contributed by atoms with Crippen molar-refractivity contribution in [3.8, 4) is 0 Å². The standard InChI is InChI=1S/C15H24ClNO2S/c1-3-10-17-13(2)7-6-11-20(18,19)12-14-8-4-5-9-15(14)16/h4-5,8-9,13,17H,3,6-7,10-12H2,1-2H3. The summed E-state index contributed by atoms with van der Waals surface area (Å²) in [6.45, 7) is 5.19. The number of rotatable bonds is 9. The molecule has 0 aliphatic carbocycles. The second-order valence-electron chi connectivity index (χ2n) is 5.18. The first kappa shape index (κ1) is 17.5. The highest BCUT2D eigenvalue weighted by atomic mass is 35.5. The third-order valence-electron chi connectivity index (χ3n) is 3.17. The maximum absolute atomic E-state index is 12.1. The SMILES string of the molecule is CCCNC(C)CCCS(=O)(=O)Cc1ccccc1Cl. The molecule has 0 aliphatic rings. The molecule has 114 valence electrons. The molecule has 0 bridgehead atoms. The van der Waals surface area contributed by atoms with E-state index < -0.39 is 9.84 Å². The van der Waals surface area contributed by atoms with Crippen molar-refractivity contribution >= 4 is 21.4 Å². The summed E-state index contributed by atoms with van der Waals surface area (Å²) in [5.74, 6) is 0.250. The van der Waals surface area contributed by atoms with Gasteiger partial charge < -0.3 is 5.32 Å². The molecule has 1 rings (SSSR count). The van der Waals surface area contributed by atoms with Crippen molar-refractivity contribution in [1.82, 2.24) is 5.32 Å². The highest BCUT2D eigenvalue weighted by Crippen LogP contribution is 2.18. The van der Waals surface area contributed by atoms with Gasteiger partial charge >= 0.3 is 0 Å². The van der Waals surface area contributed by atoms with Gasteiger partial charge in [0.15, 0.2) is 9.84 Å². The Morgan fingerprint density at radius 1 is 1.30 bits per heavy atom. The van der Waals surface area contributed by atoms with Crippen LogP contribution in [0.2, 0.25) is 5.02 Å². The van der Waals surface area contributed by atoms with Gasteiger partial charge in [-0.3, -0.25) is 0 Å². The van der Waals surface area contributed by atoms with E-state index in [2.05, 4.69) is 19.2 Å². The van der Waals surface area contributed by atoms with Crippen LogP contribution in [0.4, 0.5) is 0 Å². The fraction of sp³-hybridized carbons (Fsp3) is 0.600. The number of hydrogen-bond donors (Lipinski definition) is 1. The van der Waals surface area contributed by atoms with Crippen molar-refractivity contribution in [1.29, 1.82) is 0 Å². The minimum absolute atomic E-state index is 0.0312. The van der Waals surface area contributed by atoms with Crippen LogP contribution in [0.1, 0.15) is 38.7 Å². The molecule has 0 amide bonds. The lowest BCUT2D eigenvalue weighted by molar-refractivity contribution is 0.506. The van der Waals surface area contributed by atoms with Crippen LogP contribution < -0.4 is 5.32 Å². The minimum Gasteiger partial charge on any atom is -0.314 e. The Kier molecular flexibility index (Phi) is 7.56. The molecule has 1 unspecified atom stereocenters. The van der Waals surface area contributed by atoms with Crippen LogP contribution in [0.15, 0.2) is 24.3 Å². The van der Waals surface area contributed by atoms with Gasteiger partial charge in [0.25, 0.3) is 0 Å². The molecule has 0 aromatic heterocycles. The summed E-state index contributed by atoms with van der Waals surface area (Å²) in [6.07, 6.45) is 2.65. The number of nitrogens with one attached hydrogen (secondary N) is 1. The highest BCUT2D eigenvalue weighted by molar-refractivity contribution is 7.90. The molecule has 1 aromatic rings. The lowest BCUT2D eigenvalue weighted by atomic mass is 10.2. The van der Waals surface area contributed by atoms with Crippen molar-refractivity contribution in [2.24, 2.45) is 0 Å². The fourth-order valence-electron chi connectivity index (χ4n) is 2.03. The fourth-order valence-corrected chi connectivity index (χ4v) is 3.78. The Hall–Kier alpha value is -0.580. The Labute approximate surface area is 127 Å². The maximum Gasteiger partial charge on any atom is 0.154 e. The van der Waals surface area contributed by atoms with Crippen molar-refractivity contribution in [2.75, 3.05) is 12.3 Å². The topological polar surface area (TPSA) is 46.2 Å². The largest absolute Gasteiger partial charge is 0.314 e. The van der Waals surface area contributed by atoms with E-state index in [9.17, 15) is 8.42 Å². The monoisotopic (exact) mass is 317 g/mol. The molecule has 0 fully saturated rings. The summed E-state index contributed by atoms with van der Waals surface area (Å²) in [6, 6.07) is 7.48. The first-order valence-electron chi connectivity index (χ1n) is 7.12. The van der Waals surface area contributed by atoms with Gasteiger partial charge in [-0.1, -0.05) is 36.7 Å². The van der Waals surface area contributed by atoms with Crippen LogP contribution in [0.3, 0.4) is 0 Å². The zero-order chi connectivity index (χ0) is 15.0. The summed E-state index contributed by atoms with van der Waals surface area (Å²) in [7, 11) is -3.09. The van der Waals surface area contributed by atoms with Crippen LogP contribution in [-0.2, 0) is 15.6 Å². The van der Waals surface area contributed by atoms with Crippen molar-refractivity contribution in [3.05, 3.63) is 34.9 Å². The summed E-state index contributed by atoms with van der Waals surface area (Å²) in [4.78, 5) is 0. The first-order valence-corrected chi connectivity index (χ1v) is 9.31. The van der Waals surface area contributed by atoms with Gasteiger partial charge in [-0.25, -0.2) is 8.42 Å². The Morgan fingerprint density at radius 3 is 2.65 bits per heavy atom. The second-order valence-corrected chi connectivity index (χ2v) is 7.77. The van der Waals surface area contributed by atoms with Gasteiger partial charge in [-0.05, 0) is 44.4 Å². The van der Waals surface area contributed by atoms with E-state index in [0.29, 0.717) is 23.0 Å². The summed E-state index contributed by atoms with van der Waals surface area (Å²) in [5, 5.41) is 3.88. The van der Waals surface area contributed by atoms with Gasteiger partial charge in [-0.2, -0.15) is 0 Å². The molecule has 0 saturated heterocycles. The number of sulfone groups is 1. The third-order valence-corrected chi connectivity index (χ3v) is 5.20. The van der Waals surface area contributed by atoms with Gasteiger partial charge in [0.05, 0.1) is 11.5 Å². The second kappa shape index (κ2) is 8.65. The van der Waals surface area contributed by atoms with E-state index in [4.69, 9.17) is 11.6 Å². The number of halogens is 1. The van der Waals surface area contributed by atoms with Crippen LogP contribution in [0, 0.1) is 0 Å². The molecule has 0 aliphatic heterocycles. The smallest absolute Gasteiger partial charge is 0.154 e. The molecule has 1 aromatic carbocycles. The average molecular weight is 318 g/mol. The van der Waals surface area contributed by atoms with E-state index >= 15 is 0 Å². The van der Waals surface area contributed by atoms with E-state index in [0.717, 1.165) is 19.4 Å². The molecule has 20 heavy (non-hydrogen) atoms. The first-order chi connectivity index (χ1) is 9.44. The molecule has 3 nitrogen and oxygen atoms in total. The van der Waals surface area contributed by atoms with Crippen LogP contribution in [0.5, 0.6) is 0 Å². The molecule has 0 spiro atoms. The summed E-state index contributed by atoms with van der Waals surface area (Å²) in [5.41, 5.74) is 0.686. The maximum atomic E-state index is 12.1. The molecule has 0 radical (unpaired) electrons. The Morgan fingerprint density at radius 2 is 2.00 bits per heavy atom. The molecule has 0 saturated carbocycles. The van der Waals surface area contributed by atoms with Crippen molar-refractivity contribution in [3.63, 3.8) is 0 Å². The van der Waals surface area contributed by atoms with Crippen LogP contribution >= 0.6 is 11.6 Å². The molecule has 1 atom stereocenters. The summed E-state index contributed by atoms with van der Waals surface area (Å²) >= 11 is 6.00. The molecule has 5 heteroatoms. The van der Waals surface area contributed by atoms with Gasteiger partial charge in [0.2, 0.25) is 0 Å². The average Bonchev–Trinajstić information content (AvgIpc) is 2.38. The number of hydrogen-bond acceptors (Lipinski definition) is 3. The lowest BCUT2D eigenvalue weighted by Gasteiger charge is -2.13. The van der Waals surface area contributed by atoms with Crippen LogP contribution in [0.25, 0.3) is 0 Å². The summed E-state index contributed by atoms with van der Waals surface area (Å²) < 4.78 is 24.1. The number of benzene rings is 1. The zero-order valence-electron chi connectivity index (χ0n) is 12.2. The van der Waals surface area contributed by atoms with E-state index in [1.807, 2.05) is 6.07 Å². The van der Waals surface area contributed by atoms with Gasteiger partial charge in [0.1, 0.15) is 0 Å². The van der Waals surface area contributed by atoms with E-state index in [1.165, 1.54) is 0 Å². The third kappa shape index (κ3) is 6.73. The molecule has 0 heterocycles. The highest BCUT2D eigenvalue weighted by Gasteiger charge is 2.14. The van der Waals surface area contributed by atoms with Gasteiger partial charge in [-0.15, -0.1) is 0 Å². The predicted octanol–water partition coefficient (Wildman–Crippen LogP) is 3.42. The Bertz CT molecular complexity index is 502. The minimum atomic E-state index is -3.09.